The molecule has 8 heteroatoms. The number of nitrogens with one attached hydrogen (secondary N) is 1. The fourth-order valence-corrected chi connectivity index (χ4v) is 2.12. The summed E-state index contributed by atoms with van der Waals surface area (Å²) in [6, 6.07) is 1.62. The number of hydrogen-bond donors (Lipinski definition) is 1. The molecule has 0 bridgehead atoms. The quantitative estimate of drug-likeness (QED) is 0.870. The van der Waals surface area contributed by atoms with Crippen LogP contribution in [0.4, 0.5) is 16.6 Å². The van der Waals surface area contributed by atoms with Gasteiger partial charge >= 0.3 is 6.03 Å². The average Bonchev–Trinajstić information content (AvgIpc) is 2.57. The fourth-order valence-electron chi connectivity index (χ4n) is 2.12. The number of carbonyl (C=O) groups excluding carboxylic acids is 1. The summed E-state index contributed by atoms with van der Waals surface area (Å²) >= 11 is 0. The molecule has 3 rings (SSSR count). The maximum absolute atomic E-state index is 12.1. The second kappa shape index (κ2) is 6.12. The molecule has 0 aliphatic carbocycles. The monoisotopic (exact) mass is 285 g/mol. The van der Waals surface area contributed by atoms with Crippen molar-refractivity contribution in [2.24, 2.45) is 0 Å². The van der Waals surface area contributed by atoms with Gasteiger partial charge in [0, 0.05) is 51.0 Å². The Labute approximate surface area is 121 Å². The van der Waals surface area contributed by atoms with E-state index in [9.17, 15) is 4.79 Å². The van der Waals surface area contributed by atoms with Gasteiger partial charge in [-0.15, -0.1) is 0 Å². The van der Waals surface area contributed by atoms with E-state index in [-0.39, 0.29) is 6.03 Å². The molecule has 1 N–H and O–H groups in total. The summed E-state index contributed by atoms with van der Waals surface area (Å²) in [7, 11) is 0. The van der Waals surface area contributed by atoms with E-state index in [0.29, 0.717) is 37.9 Å². The van der Waals surface area contributed by atoms with Crippen LogP contribution in [0.3, 0.4) is 0 Å². The van der Waals surface area contributed by atoms with Crippen molar-refractivity contribution in [1.29, 1.82) is 0 Å². The molecule has 1 aliphatic rings. The summed E-state index contributed by atoms with van der Waals surface area (Å²) in [6.45, 7) is 2.64. The van der Waals surface area contributed by atoms with E-state index in [2.05, 4.69) is 30.2 Å². The molecule has 1 saturated heterocycles. The van der Waals surface area contributed by atoms with Gasteiger partial charge in [0.15, 0.2) is 5.82 Å². The van der Waals surface area contributed by atoms with Crippen molar-refractivity contribution in [1.82, 2.24) is 24.8 Å². The standard InChI is InChI=1S/C13H15N7O/c21-13(18-11-10-14-4-5-15-11)20-8-6-19(7-9-20)12-16-2-1-3-17-12/h1-5,10H,6-9H2,(H,15,18,21). The maximum Gasteiger partial charge on any atom is 0.323 e. The van der Waals surface area contributed by atoms with E-state index in [1.165, 1.54) is 6.20 Å². The molecule has 0 radical (unpaired) electrons. The number of anilines is 2. The van der Waals surface area contributed by atoms with E-state index in [1.807, 2.05) is 0 Å². The van der Waals surface area contributed by atoms with Crippen LogP contribution in [0.1, 0.15) is 0 Å². The summed E-state index contributed by atoms with van der Waals surface area (Å²) in [5, 5.41) is 2.73. The summed E-state index contributed by atoms with van der Waals surface area (Å²) in [5.74, 6) is 1.16. The second-order valence-electron chi connectivity index (χ2n) is 4.54. The van der Waals surface area contributed by atoms with Crippen molar-refractivity contribution in [3.8, 4) is 0 Å². The summed E-state index contributed by atoms with van der Waals surface area (Å²) in [5.41, 5.74) is 0. The first-order valence-corrected chi connectivity index (χ1v) is 6.67. The van der Waals surface area contributed by atoms with E-state index in [0.717, 1.165) is 0 Å². The Morgan fingerprint density at radius 2 is 1.76 bits per heavy atom. The van der Waals surface area contributed by atoms with Crippen molar-refractivity contribution >= 4 is 17.8 Å². The van der Waals surface area contributed by atoms with Crippen molar-refractivity contribution < 1.29 is 4.79 Å². The molecule has 0 unspecified atom stereocenters. The highest BCUT2D eigenvalue weighted by molar-refractivity contribution is 5.88. The largest absolute Gasteiger partial charge is 0.337 e. The molecule has 2 amide bonds. The molecular formula is C13H15N7O. The first-order chi connectivity index (χ1) is 10.3. The minimum absolute atomic E-state index is 0.163. The first kappa shape index (κ1) is 13.2. The lowest BCUT2D eigenvalue weighted by atomic mass is 10.3. The summed E-state index contributed by atoms with van der Waals surface area (Å²) < 4.78 is 0. The molecule has 3 heterocycles. The molecule has 2 aromatic rings. The molecule has 2 aromatic heterocycles. The predicted octanol–water partition coefficient (Wildman–Crippen LogP) is 0.621. The van der Waals surface area contributed by atoms with Crippen LogP contribution in [0.2, 0.25) is 0 Å². The van der Waals surface area contributed by atoms with E-state index in [1.54, 1.807) is 35.8 Å². The van der Waals surface area contributed by atoms with Gasteiger partial charge in [-0.25, -0.2) is 19.7 Å². The maximum atomic E-state index is 12.1. The normalized spacial score (nSPS) is 14.9. The zero-order chi connectivity index (χ0) is 14.5. The highest BCUT2D eigenvalue weighted by atomic mass is 16.2. The third-order valence-corrected chi connectivity index (χ3v) is 3.20. The van der Waals surface area contributed by atoms with Crippen molar-refractivity contribution in [2.75, 3.05) is 36.4 Å². The van der Waals surface area contributed by atoms with Crippen LogP contribution in [-0.4, -0.2) is 57.0 Å². The van der Waals surface area contributed by atoms with Crippen LogP contribution in [0, 0.1) is 0 Å². The Morgan fingerprint density at radius 1 is 1.00 bits per heavy atom. The predicted molar refractivity (Wildman–Crippen MR) is 76.9 cm³/mol. The summed E-state index contributed by atoms with van der Waals surface area (Å²) in [4.78, 5) is 32.3. The highest BCUT2D eigenvalue weighted by Crippen LogP contribution is 2.10. The molecule has 21 heavy (non-hydrogen) atoms. The van der Waals surface area contributed by atoms with Crippen molar-refractivity contribution in [2.45, 2.75) is 0 Å². The zero-order valence-electron chi connectivity index (χ0n) is 11.4. The lowest BCUT2D eigenvalue weighted by Gasteiger charge is -2.34. The number of piperazine rings is 1. The minimum Gasteiger partial charge on any atom is -0.337 e. The van der Waals surface area contributed by atoms with Crippen LogP contribution in [0.25, 0.3) is 0 Å². The molecule has 0 aromatic carbocycles. The Kier molecular flexibility index (Phi) is 3.85. The van der Waals surface area contributed by atoms with Gasteiger partial charge in [-0.05, 0) is 6.07 Å². The number of nitrogens with zero attached hydrogens (tertiary/aromatic N) is 6. The minimum atomic E-state index is -0.163. The fraction of sp³-hybridized carbons (Fsp3) is 0.308. The van der Waals surface area contributed by atoms with E-state index >= 15 is 0 Å². The number of amides is 2. The molecule has 0 atom stereocenters. The molecule has 0 saturated carbocycles. The van der Waals surface area contributed by atoms with Gasteiger partial charge in [-0.1, -0.05) is 0 Å². The second-order valence-corrected chi connectivity index (χ2v) is 4.54. The van der Waals surface area contributed by atoms with Gasteiger partial charge in [-0.2, -0.15) is 0 Å². The number of rotatable bonds is 2. The van der Waals surface area contributed by atoms with Crippen LogP contribution in [0.5, 0.6) is 0 Å². The lowest BCUT2D eigenvalue weighted by molar-refractivity contribution is 0.208. The Balaban J connectivity index is 1.55. The third-order valence-electron chi connectivity index (χ3n) is 3.20. The number of aromatic nitrogens is 4. The van der Waals surface area contributed by atoms with Gasteiger partial charge in [-0.3, -0.25) is 10.3 Å². The Bertz CT molecular complexity index is 584. The Hall–Kier alpha value is -2.77. The number of hydrogen-bond acceptors (Lipinski definition) is 6. The van der Waals surface area contributed by atoms with Crippen LogP contribution >= 0.6 is 0 Å². The van der Waals surface area contributed by atoms with Gasteiger partial charge in [0.25, 0.3) is 0 Å². The van der Waals surface area contributed by atoms with Crippen LogP contribution in [-0.2, 0) is 0 Å². The van der Waals surface area contributed by atoms with Gasteiger partial charge in [0.2, 0.25) is 5.95 Å². The van der Waals surface area contributed by atoms with Crippen molar-refractivity contribution in [3.63, 3.8) is 0 Å². The van der Waals surface area contributed by atoms with E-state index in [4.69, 9.17) is 0 Å². The topological polar surface area (TPSA) is 87.1 Å². The van der Waals surface area contributed by atoms with Crippen LogP contribution < -0.4 is 10.2 Å². The Morgan fingerprint density at radius 3 is 2.43 bits per heavy atom. The third kappa shape index (κ3) is 3.22. The van der Waals surface area contributed by atoms with Gasteiger partial charge < -0.3 is 9.80 Å². The average molecular weight is 285 g/mol. The van der Waals surface area contributed by atoms with Crippen LogP contribution in [0.15, 0.2) is 37.1 Å². The lowest BCUT2D eigenvalue weighted by Crippen LogP contribution is -2.50. The molecular weight excluding hydrogens is 270 g/mol. The SMILES string of the molecule is O=C(Nc1cnccn1)N1CCN(c2ncccn2)CC1. The molecule has 0 spiro atoms. The molecule has 8 nitrogen and oxygen atoms in total. The van der Waals surface area contributed by atoms with Gasteiger partial charge in [0.05, 0.1) is 6.20 Å². The number of carbonyl (C=O) groups is 1. The first-order valence-electron chi connectivity index (χ1n) is 6.67. The number of urea groups is 1. The zero-order valence-corrected chi connectivity index (χ0v) is 11.4. The molecule has 1 aliphatic heterocycles. The van der Waals surface area contributed by atoms with E-state index < -0.39 is 0 Å². The summed E-state index contributed by atoms with van der Waals surface area (Å²) in [6.07, 6.45) is 8.06. The van der Waals surface area contributed by atoms with Gasteiger partial charge in [0.1, 0.15) is 0 Å². The smallest absolute Gasteiger partial charge is 0.323 e. The van der Waals surface area contributed by atoms with Crippen molar-refractivity contribution in [3.05, 3.63) is 37.1 Å². The molecule has 1 fully saturated rings. The molecule has 108 valence electrons. The highest BCUT2D eigenvalue weighted by Gasteiger charge is 2.22.